The minimum atomic E-state index is 0. The van der Waals surface area contributed by atoms with Crippen LogP contribution in [0.2, 0.25) is 0 Å². The average Bonchev–Trinajstić information content (AvgIpc) is 3.08. The summed E-state index contributed by atoms with van der Waals surface area (Å²) in [5.74, 6) is 0. The van der Waals surface area contributed by atoms with Crippen LogP contribution in [-0.2, 0) is 30.9 Å². The Kier molecular flexibility index (Phi) is 10.2. The van der Waals surface area contributed by atoms with Gasteiger partial charge in [-0.05, 0) is 39.1 Å². The molecule has 0 saturated heterocycles. The molecule has 2 heterocycles. The summed E-state index contributed by atoms with van der Waals surface area (Å²) in [6.07, 6.45) is 6.87. The van der Waals surface area contributed by atoms with Gasteiger partial charge in [-0.25, -0.2) is 11.1 Å². The van der Waals surface area contributed by atoms with E-state index in [0.717, 1.165) is 22.4 Å². The van der Waals surface area contributed by atoms with Crippen LogP contribution in [0.4, 0.5) is 0 Å². The second-order valence-corrected chi connectivity index (χ2v) is 13.8. The Bertz CT molecular complexity index is 2060. The molecule has 0 amide bonds. The Labute approximate surface area is 293 Å². The van der Waals surface area contributed by atoms with Crippen molar-refractivity contribution in [2.45, 2.75) is 52.4 Å². The van der Waals surface area contributed by atoms with Gasteiger partial charge in [0.05, 0.1) is 0 Å². The maximum Gasteiger partial charge on any atom is 3.00 e. The maximum absolute atomic E-state index is 4.57. The SMILES string of the molecule is CC(C)(C)c1cc[c-]c(-c2[c-]ncc(C(C)(C)C)c2)c1.[Ir+3].[c-]1cc2c(ccc3ccccc32)cc1-c1cc(-c2ccccc2)ccn1. The molecule has 5 aromatic carbocycles. The van der Waals surface area contributed by atoms with Crippen LogP contribution in [0.25, 0.3) is 55.1 Å². The van der Waals surface area contributed by atoms with Crippen LogP contribution >= 0.6 is 0 Å². The molecule has 234 valence electrons. The van der Waals surface area contributed by atoms with E-state index < -0.39 is 0 Å². The van der Waals surface area contributed by atoms with Gasteiger partial charge in [-0.3, -0.25) is 0 Å². The Morgan fingerprint density at radius 1 is 0.553 bits per heavy atom. The summed E-state index contributed by atoms with van der Waals surface area (Å²) in [6.45, 7) is 13.3. The van der Waals surface area contributed by atoms with Crippen LogP contribution in [0.15, 0.2) is 128 Å². The third-order valence-electron chi connectivity index (χ3n) is 8.33. The molecule has 0 saturated carbocycles. The van der Waals surface area contributed by atoms with Gasteiger partial charge in [-0.2, -0.15) is 24.3 Å². The zero-order valence-corrected chi connectivity index (χ0v) is 30.2. The molecule has 0 N–H and O–H groups in total. The van der Waals surface area contributed by atoms with Crippen molar-refractivity contribution in [3.63, 3.8) is 0 Å². The molecule has 2 aromatic heterocycles. The third kappa shape index (κ3) is 7.93. The van der Waals surface area contributed by atoms with E-state index in [1.54, 1.807) is 0 Å². The first-order valence-electron chi connectivity index (χ1n) is 15.8. The minimum Gasteiger partial charge on any atom is -0.370 e. The summed E-state index contributed by atoms with van der Waals surface area (Å²) in [7, 11) is 0. The van der Waals surface area contributed by atoms with E-state index in [0.29, 0.717) is 0 Å². The van der Waals surface area contributed by atoms with Crippen LogP contribution < -0.4 is 0 Å². The van der Waals surface area contributed by atoms with E-state index in [9.17, 15) is 0 Å². The summed E-state index contributed by atoms with van der Waals surface area (Å²) in [6, 6.07) is 46.9. The van der Waals surface area contributed by atoms with Crippen LogP contribution in [0.1, 0.15) is 52.7 Å². The predicted molar refractivity (Wildman–Crippen MR) is 194 cm³/mol. The fourth-order valence-corrected chi connectivity index (χ4v) is 5.52. The van der Waals surface area contributed by atoms with Gasteiger partial charge in [-0.1, -0.05) is 138 Å². The molecule has 7 rings (SSSR count). The normalized spacial score (nSPS) is 11.4. The van der Waals surface area contributed by atoms with Gasteiger partial charge in [-0.15, -0.1) is 46.3 Å². The number of fused-ring (bicyclic) bond motifs is 3. The molecule has 3 heteroatoms. The monoisotopic (exact) mass is 788 g/mol. The van der Waals surface area contributed by atoms with Gasteiger partial charge in [0, 0.05) is 6.20 Å². The van der Waals surface area contributed by atoms with Crippen molar-refractivity contribution in [3.05, 3.63) is 157 Å². The van der Waals surface area contributed by atoms with Crippen LogP contribution in [-0.4, -0.2) is 9.97 Å². The van der Waals surface area contributed by atoms with Crippen molar-refractivity contribution in [3.8, 4) is 33.5 Å². The van der Waals surface area contributed by atoms with Crippen molar-refractivity contribution < 1.29 is 20.1 Å². The van der Waals surface area contributed by atoms with E-state index in [4.69, 9.17) is 0 Å². The van der Waals surface area contributed by atoms with Crippen molar-refractivity contribution in [1.29, 1.82) is 0 Å². The van der Waals surface area contributed by atoms with Crippen molar-refractivity contribution in [2.75, 3.05) is 0 Å². The van der Waals surface area contributed by atoms with E-state index in [-0.39, 0.29) is 30.9 Å². The number of hydrogen-bond donors (Lipinski definition) is 0. The molecule has 0 spiro atoms. The second-order valence-electron chi connectivity index (χ2n) is 13.8. The Hall–Kier alpha value is -4.43. The van der Waals surface area contributed by atoms with Gasteiger partial charge in [0.15, 0.2) is 0 Å². The summed E-state index contributed by atoms with van der Waals surface area (Å²) in [5.41, 5.74) is 9.18. The first kappa shape index (κ1) is 33.9. The molecular formula is C44H39IrN2. The minimum absolute atomic E-state index is 0. The first-order chi connectivity index (χ1) is 22.1. The number of hydrogen-bond acceptors (Lipinski definition) is 2. The van der Waals surface area contributed by atoms with Gasteiger partial charge in [0.25, 0.3) is 0 Å². The largest absolute Gasteiger partial charge is 3.00 e. The van der Waals surface area contributed by atoms with Crippen LogP contribution in [0, 0.1) is 18.3 Å². The number of rotatable bonds is 3. The second kappa shape index (κ2) is 14.1. The van der Waals surface area contributed by atoms with Crippen molar-refractivity contribution in [2.24, 2.45) is 0 Å². The first-order valence-corrected chi connectivity index (χ1v) is 15.8. The summed E-state index contributed by atoms with van der Waals surface area (Å²) in [5, 5.41) is 4.96. The average molecular weight is 788 g/mol. The topological polar surface area (TPSA) is 25.8 Å². The van der Waals surface area contributed by atoms with Gasteiger partial charge in [0.1, 0.15) is 0 Å². The molecule has 0 unspecified atom stereocenters. The molecule has 0 fully saturated rings. The molecule has 0 aliphatic carbocycles. The fourth-order valence-electron chi connectivity index (χ4n) is 5.52. The predicted octanol–water partition coefficient (Wildman–Crippen LogP) is 11.5. The summed E-state index contributed by atoms with van der Waals surface area (Å²) < 4.78 is 0. The molecule has 2 nitrogen and oxygen atoms in total. The fraction of sp³-hybridized carbons (Fsp3) is 0.182. The van der Waals surface area contributed by atoms with Gasteiger partial charge >= 0.3 is 20.1 Å². The molecule has 0 aliphatic heterocycles. The van der Waals surface area contributed by atoms with Crippen LogP contribution in [0.5, 0.6) is 0 Å². The molecule has 0 radical (unpaired) electrons. The van der Waals surface area contributed by atoms with Gasteiger partial charge < -0.3 is 9.97 Å². The van der Waals surface area contributed by atoms with E-state index in [1.165, 1.54) is 43.8 Å². The smallest absolute Gasteiger partial charge is 0.370 e. The zero-order valence-electron chi connectivity index (χ0n) is 27.9. The Morgan fingerprint density at radius 2 is 1.26 bits per heavy atom. The number of aromatic nitrogens is 2. The van der Waals surface area contributed by atoms with E-state index in [2.05, 4.69) is 167 Å². The molecule has 0 aliphatic rings. The maximum atomic E-state index is 4.57. The standard InChI is InChI=1S/C25H16N.C19H23N.Ir/c1-2-6-18(7-3-1)20-14-15-26-25(17-20)22-12-13-24-21(16-22)11-10-19-8-4-5-9-23(19)24;1-18(2,3)16-9-7-8-14(10-16)15-11-17(13-20-12-15)19(4,5)6;/h1-11,13-17H;7,9-11,13H,1-6H3;/q-1;-2;+3. The summed E-state index contributed by atoms with van der Waals surface area (Å²) in [4.78, 5) is 8.85. The molecule has 0 atom stereocenters. The number of nitrogens with zero attached hydrogens (tertiary/aromatic N) is 2. The van der Waals surface area contributed by atoms with Crippen LogP contribution in [0.3, 0.4) is 0 Å². The van der Waals surface area contributed by atoms with E-state index >= 15 is 0 Å². The number of benzene rings is 5. The van der Waals surface area contributed by atoms with Crippen molar-refractivity contribution >= 4 is 21.5 Å². The quantitative estimate of drug-likeness (QED) is 0.132. The third-order valence-corrected chi connectivity index (χ3v) is 8.33. The molecule has 0 bridgehead atoms. The molecule has 7 aromatic rings. The van der Waals surface area contributed by atoms with Gasteiger partial charge in [0.2, 0.25) is 0 Å². The Balaban J connectivity index is 0.000000188. The van der Waals surface area contributed by atoms with E-state index in [1.807, 2.05) is 30.6 Å². The zero-order chi connectivity index (χ0) is 32.3. The molecule has 47 heavy (non-hydrogen) atoms. The van der Waals surface area contributed by atoms with Crippen molar-refractivity contribution in [1.82, 2.24) is 9.97 Å². The molecular weight excluding hydrogens is 749 g/mol. The number of pyridine rings is 2. The Morgan fingerprint density at radius 3 is 2.02 bits per heavy atom. The summed E-state index contributed by atoms with van der Waals surface area (Å²) >= 11 is 0.